The predicted molar refractivity (Wildman–Crippen MR) is 133 cm³/mol. The third kappa shape index (κ3) is 12.7. The third-order valence-electron chi connectivity index (χ3n) is 6.03. The maximum Gasteiger partial charge on any atom is 0.453 e. The summed E-state index contributed by atoms with van der Waals surface area (Å²) in [6.45, 7) is 1.71. The van der Waals surface area contributed by atoms with Gasteiger partial charge >= 0.3 is 18.3 Å². The minimum atomic E-state index is -5.48. The molecule has 1 atom stereocenters. The van der Waals surface area contributed by atoms with Gasteiger partial charge in [0.25, 0.3) is 0 Å². The van der Waals surface area contributed by atoms with E-state index in [1.165, 1.54) is 23.9 Å². The molecule has 12 heteroatoms. The van der Waals surface area contributed by atoms with Crippen LogP contribution >= 0.6 is 11.8 Å². The molecule has 0 aliphatic heterocycles. The maximum atomic E-state index is 13.1. The van der Waals surface area contributed by atoms with Crippen molar-refractivity contribution in [3.8, 4) is 6.07 Å². The second kappa shape index (κ2) is 16.2. The lowest BCUT2D eigenvalue weighted by molar-refractivity contribution is -0.284. The average Bonchev–Trinajstić information content (AvgIpc) is 2.82. The molecular formula is C26H34F8N2OS. The monoisotopic (exact) mass is 574 g/mol. The van der Waals surface area contributed by atoms with E-state index in [0.717, 1.165) is 69.3 Å². The highest BCUT2D eigenvalue weighted by Crippen LogP contribution is 2.39. The first-order chi connectivity index (χ1) is 17.7. The van der Waals surface area contributed by atoms with Crippen molar-refractivity contribution in [2.75, 3.05) is 16.8 Å². The molecule has 1 aromatic carbocycles. The van der Waals surface area contributed by atoms with Gasteiger partial charge in [0.2, 0.25) is 5.91 Å². The lowest BCUT2D eigenvalue weighted by Gasteiger charge is -2.19. The number of carbonyl (C=O) groups is 1. The van der Waals surface area contributed by atoms with Crippen molar-refractivity contribution in [3.05, 3.63) is 29.3 Å². The van der Waals surface area contributed by atoms with Crippen LogP contribution in [0.3, 0.4) is 0 Å². The van der Waals surface area contributed by atoms with E-state index >= 15 is 0 Å². The van der Waals surface area contributed by atoms with E-state index in [1.54, 1.807) is 6.92 Å². The molecule has 0 aliphatic carbocycles. The summed E-state index contributed by atoms with van der Waals surface area (Å²) in [7, 11) is 0. The van der Waals surface area contributed by atoms with Gasteiger partial charge in [0, 0.05) is 18.0 Å². The zero-order chi connectivity index (χ0) is 28.8. The van der Waals surface area contributed by atoms with Gasteiger partial charge in [0.1, 0.15) is 0 Å². The highest BCUT2D eigenvalue weighted by molar-refractivity contribution is 7.99. The van der Waals surface area contributed by atoms with E-state index in [4.69, 9.17) is 5.26 Å². The van der Waals surface area contributed by atoms with Gasteiger partial charge in [-0.25, -0.2) is 0 Å². The molecule has 38 heavy (non-hydrogen) atoms. The second-order valence-corrected chi connectivity index (χ2v) is 10.5. The smallest absolute Gasteiger partial charge is 0.326 e. The number of nitrogens with zero attached hydrogens (tertiary/aromatic N) is 1. The number of anilines is 1. The number of alkyl halides is 8. The highest BCUT2D eigenvalue weighted by Gasteiger charge is 2.56. The topological polar surface area (TPSA) is 52.9 Å². The molecule has 1 unspecified atom stereocenters. The first-order valence-corrected chi connectivity index (χ1v) is 13.8. The standard InChI is InChI=1S/C26H34F8N2OS/c1-19(23(37)36-21-13-12-20(18-35)22(17-21)25(29,30)31)11-8-6-4-2-3-5-7-9-15-38-16-10-14-24(27,28)26(32,33)34/h12-13,17,19H,2-11,14-16H2,1H3,(H,36,37). The summed E-state index contributed by atoms with van der Waals surface area (Å²) in [6, 6.07) is 4.57. The summed E-state index contributed by atoms with van der Waals surface area (Å²) in [6.07, 6.45) is -3.30. The molecule has 216 valence electrons. The van der Waals surface area contributed by atoms with Crippen molar-refractivity contribution in [3.63, 3.8) is 0 Å². The van der Waals surface area contributed by atoms with Gasteiger partial charge in [-0.15, -0.1) is 0 Å². The van der Waals surface area contributed by atoms with Crippen LogP contribution in [0, 0.1) is 17.2 Å². The van der Waals surface area contributed by atoms with Crippen LogP contribution in [0.4, 0.5) is 40.8 Å². The van der Waals surface area contributed by atoms with E-state index < -0.39 is 35.8 Å². The molecular weight excluding hydrogens is 540 g/mol. The number of rotatable bonds is 17. The number of hydrogen-bond acceptors (Lipinski definition) is 3. The fourth-order valence-electron chi connectivity index (χ4n) is 3.71. The summed E-state index contributed by atoms with van der Waals surface area (Å²) >= 11 is 1.39. The van der Waals surface area contributed by atoms with Crippen molar-refractivity contribution in [2.45, 2.75) is 95.8 Å². The number of thioether (sulfide) groups is 1. The number of nitrogens with one attached hydrogen (secondary N) is 1. The van der Waals surface area contributed by atoms with Crippen molar-refractivity contribution >= 4 is 23.4 Å². The zero-order valence-electron chi connectivity index (χ0n) is 21.3. The molecule has 0 radical (unpaired) electrons. The minimum Gasteiger partial charge on any atom is -0.326 e. The Hall–Kier alpha value is -2.03. The van der Waals surface area contributed by atoms with Gasteiger partial charge < -0.3 is 5.32 Å². The normalized spacial score (nSPS) is 13.3. The van der Waals surface area contributed by atoms with Gasteiger partial charge in [-0.3, -0.25) is 4.79 Å². The molecule has 0 saturated heterocycles. The van der Waals surface area contributed by atoms with E-state index in [1.807, 2.05) is 0 Å². The molecule has 0 saturated carbocycles. The van der Waals surface area contributed by atoms with Crippen LogP contribution in [0.25, 0.3) is 0 Å². The fourth-order valence-corrected chi connectivity index (χ4v) is 4.67. The quantitative estimate of drug-likeness (QED) is 0.149. The number of unbranched alkanes of at least 4 members (excludes halogenated alkanes) is 7. The van der Waals surface area contributed by atoms with Crippen molar-refractivity contribution in [2.24, 2.45) is 5.92 Å². The minimum absolute atomic E-state index is 0.00502. The summed E-state index contributed by atoms with van der Waals surface area (Å²) < 4.78 is 101. The Morgan fingerprint density at radius 3 is 2.00 bits per heavy atom. The van der Waals surface area contributed by atoms with E-state index in [9.17, 15) is 39.9 Å². The molecule has 1 rings (SSSR count). The lowest BCUT2D eigenvalue weighted by atomic mass is 10.0. The highest BCUT2D eigenvalue weighted by atomic mass is 32.2. The van der Waals surface area contributed by atoms with Crippen molar-refractivity contribution in [1.82, 2.24) is 0 Å². The number of halogens is 8. The van der Waals surface area contributed by atoms with Crippen LogP contribution in [0.2, 0.25) is 0 Å². The van der Waals surface area contributed by atoms with Crippen LogP contribution < -0.4 is 5.32 Å². The molecule has 0 aliphatic rings. The summed E-state index contributed by atoms with van der Waals surface area (Å²) in [5.41, 5.74) is -1.60. The molecule has 0 aromatic heterocycles. The molecule has 0 spiro atoms. The fraction of sp³-hybridized carbons (Fsp3) is 0.692. The van der Waals surface area contributed by atoms with Crippen LogP contribution in [0.1, 0.15) is 88.7 Å². The van der Waals surface area contributed by atoms with Gasteiger partial charge in [0.15, 0.2) is 0 Å². The van der Waals surface area contributed by atoms with Crippen LogP contribution in [-0.2, 0) is 11.0 Å². The van der Waals surface area contributed by atoms with Crippen LogP contribution in [0.5, 0.6) is 0 Å². The SMILES string of the molecule is CC(CCCCCCCCCCSCCCC(F)(F)C(F)(F)F)C(=O)Nc1ccc(C#N)c(C(F)(F)F)c1. The van der Waals surface area contributed by atoms with E-state index in [2.05, 4.69) is 5.32 Å². The first kappa shape index (κ1) is 34.0. The summed E-state index contributed by atoms with van der Waals surface area (Å²) in [5, 5.41) is 11.3. The number of amides is 1. The number of hydrogen-bond donors (Lipinski definition) is 1. The van der Waals surface area contributed by atoms with Crippen molar-refractivity contribution in [1.29, 1.82) is 5.26 Å². The zero-order valence-corrected chi connectivity index (χ0v) is 22.1. The molecule has 0 fully saturated rings. The molecule has 1 aromatic rings. The van der Waals surface area contributed by atoms with E-state index in [0.29, 0.717) is 6.42 Å². The summed E-state index contributed by atoms with van der Waals surface area (Å²) in [5.74, 6) is -4.36. The molecule has 3 nitrogen and oxygen atoms in total. The Morgan fingerprint density at radius 1 is 0.895 bits per heavy atom. The maximum absolute atomic E-state index is 13.1. The molecule has 0 heterocycles. The molecule has 1 amide bonds. The number of nitriles is 1. The predicted octanol–water partition coefficient (Wildman–Crippen LogP) is 9.37. The van der Waals surface area contributed by atoms with Crippen molar-refractivity contribution < 1.29 is 39.9 Å². The van der Waals surface area contributed by atoms with E-state index in [-0.39, 0.29) is 29.7 Å². The van der Waals surface area contributed by atoms with Gasteiger partial charge in [0.05, 0.1) is 17.2 Å². The Morgan fingerprint density at radius 2 is 1.45 bits per heavy atom. The third-order valence-corrected chi connectivity index (χ3v) is 7.19. The summed E-state index contributed by atoms with van der Waals surface area (Å²) in [4.78, 5) is 12.3. The Kier molecular flexibility index (Phi) is 14.5. The Balaban J connectivity index is 2.09. The van der Waals surface area contributed by atoms with Gasteiger partial charge in [-0.1, -0.05) is 51.9 Å². The lowest BCUT2D eigenvalue weighted by Crippen LogP contribution is -2.36. The molecule has 0 bridgehead atoms. The van der Waals surface area contributed by atoms with Crippen LogP contribution in [-0.4, -0.2) is 29.5 Å². The Bertz CT molecular complexity index is 897. The largest absolute Gasteiger partial charge is 0.453 e. The average molecular weight is 575 g/mol. The van der Waals surface area contributed by atoms with Gasteiger partial charge in [-0.05, 0) is 49.0 Å². The van der Waals surface area contributed by atoms with Gasteiger partial charge in [-0.2, -0.15) is 52.1 Å². The number of benzene rings is 1. The Labute approximate surface area is 222 Å². The molecule has 1 N–H and O–H groups in total. The first-order valence-electron chi connectivity index (χ1n) is 12.6. The number of carbonyl (C=O) groups excluding carboxylic acids is 1. The second-order valence-electron chi connectivity index (χ2n) is 9.30. The van der Waals surface area contributed by atoms with Crippen LogP contribution in [0.15, 0.2) is 18.2 Å².